The fraction of sp³-hybridized carbons (Fsp3) is 0.350. The Hall–Kier alpha value is -2.77. The van der Waals surface area contributed by atoms with E-state index in [1.54, 1.807) is 12.1 Å². The average Bonchev–Trinajstić information content (AvgIpc) is 3.13. The molecule has 0 radical (unpaired) electrons. The van der Waals surface area contributed by atoms with Crippen LogP contribution in [0.3, 0.4) is 0 Å². The molecule has 1 aromatic carbocycles. The third-order valence-corrected chi connectivity index (χ3v) is 4.77. The summed E-state index contributed by atoms with van der Waals surface area (Å²) in [6.07, 6.45) is 0.377. The Morgan fingerprint density at radius 3 is 2.70 bits per heavy atom. The number of benzene rings is 1. The van der Waals surface area contributed by atoms with Crippen LogP contribution in [0, 0.1) is 5.92 Å². The molecule has 7 heteroatoms. The summed E-state index contributed by atoms with van der Waals surface area (Å²) in [6.45, 7) is 3.97. The van der Waals surface area contributed by atoms with Crippen LogP contribution in [0.4, 0.5) is 5.82 Å². The van der Waals surface area contributed by atoms with Crippen LogP contribution in [0.1, 0.15) is 36.3 Å². The van der Waals surface area contributed by atoms with E-state index in [0.717, 1.165) is 5.56 Å². The summed E-state index contributed by atoms with van der Waals surface area (Å²) >= 11 is 0. The van der Waals surface area contributed by atoms with E-state index in [2.05, 4.69) is 10.1 Å². The number of aromatic nitrogens is 3. The Morgan fingerprint density at radius 2 is 2.00 bits per heavy atom. The maximum absolute atomic E-state index is 13.3. The zero-order chi connectivity index (χ0) is 19.4. The van der Waals surface area contributed by atoms with E-state index >= 15 is 0 Å². The highest BCUT2D eigenvalue weighted by atomic mass is 16.5. The summed E-state index contributed by atoms with van der Waals surface area (Å²) in [5.41, 5.74) is 7.73. The van der Waals surface area contributed by atoms with Crippen molar-refractivity contribution in [2.24, 2.45) is 5.92 Å². The van der Waals surface area contributed by atoms with Crippen LogP contribution in [0.2, 0.25) is 0 Å². The van der Waals surface area contributed by atoms with Gasteiger partial charge in [0.25, 0.3) is 0 Å². The molecular weight excluding hydrogens is 344 g/mol. The molecule has 3 rings (SSSR count). The summed E-state index contributed by atoms with van der Waals surface area (Å²) in [5.74, 6) is -0.326. The van der Waals surface area contributed by atoms with Gasteiger partial charge in [-0.3, -0.25) is 4.79 Å². The minimum atomic E-state index is -0.811. The first-order valence-corrected chi connectivity index (χ1v) is 8.99. The normalized spacial score (nSPS) is 14.8. The SMILES string of the molecule is CC[C@@H](O)[C@@H](C)[C@@H](OCc1ccccc1)C(=O)c1ccc2c(N)ncnn12. The molecule has 0 saturated carbocycles. The number of aliphatic hydroxyl groups excluding tert-OH is 1. The molecule has 0 spiro atoms. The Morgan fingerprint density at radius 1 is 1.26 bits per heavy atom. The number of nitrogen functional groups attached to an aromatic ring is 1. The first-order chi connectivity index (χ1) is 13.0. The van der Waals surface area contributed by atoms with Gasteiger partial charge in [-0.15, -0.1) is 0 Å². The molecule has 0 saturated heterocycles. The lowest BCUT2D eigenvalue weighted by Crippen LogP contribution is -2.38. The van der Waals surface area contributed by atoms with Crippen molar-refractivity contribution in [3.05, 3.63) is 60.0 Å². The van der Waals surface area contributed by atoms with Crippen molar-refractivity contribution >= 4 is 17.1 Å². The number of ketones is 1. The van der Waals surface area contributed by atoms with Gasteiger partial charge in [-0.05, 0) is 24.1 Å². The average molecular weight is 368 g/mol. The maximum Gasteiger partial charge on any atom is 0.210 e. The standard InChI is InChI=1S/C20H24N4O3/c1-3-17(25)13(2)19(27-11-14-7-5-4-6-8-14)18(26)15-9-10-16-20(21)22-12-23-24(15)16/h4-10,12-13,17,19,25H,3,11H2,1-2H3,(H2,21,22,23)/t13-,17-,19-/m1/s1. The van der Waals surface area contributed by atoms with Crippen molar-refractivity contribution in [2.75, 3.05) is 5.73 Å². The second-order valence-electron chi connectivity index (χ2n) is 6.58. The monoisotopic (exact) mass is 368 g/mol. The largest absolute Gasteiger partial charge is 0.393 e. The van der Waals surface area contributed by atoms with E-state index in [-0.39, 0.29) is 18.3 Å². The fourth-order valence-electron chi connectivity index (χ4n) is 3.09. The van der Waals surface area contributed by atoms with Crippen LogP contribution in [0.15, 0.2) is 48.8 Å². The number of aliphatic hydroxyl groups is 1. The minimum Gasteiger partial charge on any atom is -0.393 e. The summed E-state index contributed by atoms with van der Waals surface area (Å²) < 4.78 is 7.45. The molecule has 2 heterocycles. The van der Waals surface area contributed by atoms with Gasteiger partial charge in [0.1, 0.15) is 23.6 Å². The summed E-state index contributed by atoms with van der Waals surface area (Å²) in [4.78, 5) is 17.2. The molecule has 0 amide bonds. The number of ether oxygens (including phenoxy) is 1. The number of hydrogen-bond donors (Lipinski definition) is 2. The lowest BCUT2D eigenvalue weighted by molar-refractivity contribution is -0.0257. The first-order valence-electron chi connectivity index (χ1n) is 8.99. The molecule has 7 nitrogen and oxygen atoms in total. The van der Waals surface area contributed by atoms with Crippen LogP contribution >= 0.6 is 0 Å². The minimum absolute atomic E-state index is 0.246. The van der Waals surface area contributed by atoms with Crippen molar-refractivity contribution < 1.29 is 14.6 Å². The van der Waals surface area contributed by atoms with Gasteiger partial charge in [-0.1, -0.05) is 44.2 Å². The predicted octanol–water partition coefficient (Wildman–Crippen LogP) is 2.49. The molecule has 0 fully saturated rings. The number of carbonyl (C=O) groups is 1. The highest BCUT2D eigenvalue weighted by molar-refractivity contribution is 5.99. The zero-order valence-corrected chi connectivity index (χ0v) is 15.4. The van der Waals surface area contributed by atoms with Crippen molar-refractivity contribution in [2.45, 2.75) is 39.1 Å². The predicted molar refractivity (Wildman–Crippen MR) is 102 cm³/mol. The molecule has 142 valence electrons. The van der Waals surface area contributed by atoms with E-state index in [4.69, 9.17) is 10.5 Å². The van der Waals surface area contributed by atoms with E-state index in [1.165, 1.54) is 10.8 Å². The highest BCUT2D eigenvalue weighted by Gasteiger charge is 2.32. The number of hydrogen-bond acceptors (Lipinski definition) is 6. The third-order valence-electron chi connectivity index (χ3n) is 4.77. The van der Waals surface area contributed by atoms with Gasteiger partial charge < -0.3 is 15.6 Å². The van der Waals surface area contributed by atoms with Crippen molar-refractivity contribution in [1.82, 2.24) is 14.6 Å². The quantitative estimate of drug-likeness (QED) is 0.592. The smallest absolute Gasteiger partial charge is 0.210 e. The molecule has 0 unspecified atom stereocenters. The van der Waals surface area contributed by atoms with Gasteiger partial charge in [-0.25, -0.2) is 9.50 Å². The second kappa shape index (κ2) is 8.28. The first kappa shape index (κ1) is 19.0. The van der Waals surface area contributed by atoms with E-state index in [0.29, 0.717) is 23.4 Å². The van der Waals surface area contributed by atoms with Crippen LogP contribution in [-0.4, -0.2) is 37.7 Å². The maximum atomic E-state index is 13.3. The topological polar surface area (TPSA) is 103 Å². The third kappa shape index (κ3) is 3.99. The molecule has 0 aliphatic carbocycles. The van der Waals surface area contributed by atoms with Gasteiger partial charge in [0.15, 0.2) is 5.82 Å². The summed E-state index contributed by atoms with van der Waals surface area (Å²) in [7, 11) is 0. The lowest BCUT2D eigenvalue weighted by atomic mass is 9.92. The van der Waals surface area contributed by atoms with Gasteiger partial charge in [0.2, 0.25) is 5.78 Å². The van der Waals surface area contributed by atoms with E-state index in [1.807, 2.05) is 44.2 Å². The molecule has 0 aliphatic heterocycles. The van der Waals surface area contributed by atoms with Crippen LogP contribution in [-0.2, 0) is 11.3 Å². The van der Waals surface area contributed by atoms with Crippen LogP contribution < -0.4 is 5.73 Å². The van der Waals surface area contributed by atoms with E-state index < -0.39 is 12.2 Å². The summed E-state index contributed by atoms with van der Waals surface area (Å²) in [5, 5.41) is 14.4. The lowest BCUT2D eigenvalue weighted by Gasteiger charge is -2.26. The molecule has 0 aliphatic rings. The van der Waals surface area contributed by atoms with Gasteiger partial charge in [0.05, 0.1) is 12.7 Å². The Kier molecular flexibility index (Phi) is 5.83. The number of fused-ring (bicyclic) bond motifs is 1. The molecule has 3 N–H and O–H groups in total. The number of nitrogens with two attached hydrogens (primary N) is 1. The van der Waals surface area contributed by atoms with E-state index in [9.17, 15) is 9.90 Å². The molecule has 3 aromatic rings. The number of rotatable bonds is 8. The summed E-state index contributed by atoms with van der Waals surface area (Å²) in [6, 6.07) is 13.0. The number of Topliss-reactive ketones (excluding diaryl/α,β-unsaturated/α-hetero) is 1. The highest BCUT2D eigenvalue weighted by Crippen LogP contribution is 2.22. The number of carbonyl (C=O) groups excluding carboxylic acids is 1. The van der Waals surface area contributed by atoms with Crippen molar-refractivity contribution in [1.29, 1.82) is 0 Å². The fourth-order valence-corrected chi connectivity index (χ4v) is 3.09. The van der Waals surface area contributed by atoms with Gasteiger partial charge >= 0.3 is 0 Å². The Labute approximate surface area is 157 Å². The zero-order valence-electron chi connectivity index (χ0n) is 15.4. The number of nitrogens with zero attached hydrogens (tertiary/aromatic N) is 3. The molecular formula is C20H24N4O3. The van der Waals surface area contributed by atoms with Crippen molar-refractivity contribution in [3.63, 3.8) is 0 Å². The molecule has 0 bridgehead atoms. The van der Waals surface area contributed by atoms with Crippen LogP contribution in [0.25, 0.3) is 5.52 Å². The number of anilines is 1. The second-order valence-corrected chi connectivity index (χ2v) is 6.58. The molecule has 3 atom stereocenters. The van der Waals surface area contributed by atoms with Gasteiger partial charge in [-0.2, -0.15) is 5.10 Å². The molecule has 27 heavy (non-hydrogen) atoms. The van der Waals surface area contributed by atoms with Crippen molar-refractivity contribution in [3.8, 4) is 0 Å². The Bertz CT molecular complexity index is 910. The molecule has 2 aromatic heterocycles. The Balaban J connectivity index is 1.90. The van der Waals surface area contributed by atoms with Crippen LogP contribution in [0.5, 0.6) is 0 Å². The van der Waals surface area contributed by atoms with Gasteiger partial charge in [0, 0.05) is 5.92 Å².